The number of hydrogen-bond acceptors (Lipinski definition) is 4. The lowest BCUT2D eigenvalue weighted by atomic mass is 10.2. The zero-order valence-corrected chi connectivity index (χ0v) is 16.1. The summed E-state index contributed by atoms with van der Waals surface area (Å²) in [4.78, 5) is 20.6. The smallest absolute Gasteiger partial charge is 0.266 e. The molecule has 0 radical (unpaired) electrons. The molecule has 1 saturated carbocycles. The third-order valence-electron chi connectivity index (χ3n) is 4.54. The molecule has 134 valence electrons. The summed E-state index contributed by atoms with van der Waals surface area (Å²) < 4.78 is 5.21. The zero-order chi connectivity index (χ0) is 17.8. The van der Waals surface area contributed by atoms with Gasteiger partial charge in [0.05, 0.1) is 17.8 Å². The van der Waals surface area contributed by atoms with Crippen LogP contribution in [0.5, 0.6) is 5.75 Å². The van der Waals surface area contributed by atoms with Gasteiger partial charge in [0.1, 0.15) is 10.6 Å². The van der Waals surface area contributed by atoms with Gasteiger partial charge in [0.2, 0.25) is 0 Å². The van der Waals surface area contributed by atoms with E-state index in [4.69, 9.17) is 4.74 Å². The highest BCUT2D eigenvalue weighted by Crippen LogP contribution is 2.32. The van der Waals surface area contributed by atoms with Crippen molar-refractivity contribution in [2.24, 2.45) is 0 Å². The third-order valence-corrected chi connectivity index (χ3v) is 5.74. The fourth-order valence-electron chi connectivity index (χ4n) is 2.90. The monoisotopic (exact) mass is 358 g/mol. The highest BCUT2D eigenvalue weighted by molar-refractivity contribution is 7.13. The molecule has 0 spiro atoms. The van der Waals surface area contributed by atoms with Crippen LogP contribution in [0.2, 0.25) is 0 Å². The minimum atomic E-state index is 0.135. The molecule has 0 N–H and O–H groups in total. The summed E-state index contributed by atoms with van der Waals surface area (Å²) in [6.07, 6.45) is 5.44. The molecular weight excluding hydrogens is 332 g/mol. The summed E-state index contributed by atoms with van der Waals surface area (Å²) in [5.41, 5.74) is 2.01. The number of ether oxygens (including phenoxy) is 1. The van der Waals surface area contributed by atoms with Crippen LogP contribution in [0.1, 0.15) is 58.5 Å². The lowest BCUT2D eigenvalue weighted by molar-refractivity contribution is 0.0734. The molecule has 2 aromatic rings. The van der Waals surface area contributed by atoms with Crippen LogP contribution in [0.15, 0.2) is 24.3 Å². The Kier molecular flexibility index (Phi) is 5.74. The van der Waals surface area contributed by atoms with E-state index in [0.29, 0.717) is 12.6 Å². The molecule has 0 saturated heterocycles. The normalized spacial score (nSPS) is 13.7. The Morgan fingerprint density at radius 2 is 2.04 bits per heavy atom. The van der Waals surface area contributed by atoms with E-state index in [-0.39, 0.29) is 5.91 Å². The molecule has 1 aromatic heterocycles. The van der Waals surface area contributed by atoms with Gasteiger partial charge in [-0.3, -0.25) is 4.79 Å². The minimum Gasteiger partial charge on any atom is -0.497 e. The van der Waals surface area contributed by atoms with Gasteiger partial charge < -0.3 is 9.64 Å². The maximum atomic E-state index is 13.1. The van der Waals surface area contributed by atoms with E-state index in [9.17, 15) is 4.79 Å². The molecule has 0 atom stereocenters. The number of thiazole rings is 1. The highest BCUT2D eigenvalue weighted by Gasteiger charge is 2.34. The molecule has 5 heteroatoms. The maximum absolute atomic E-state index is 13.1. The number of aryl methyl sites for hydroxylation is 2. The van der Waals surface area contributed by atoms with Crippen molar-refractivity contribution < 1.29 is 9.53 Å². The Morgan fingerprint density at radius 3 is 2.64 bits per heavy atom. The number of methoxy groups -OCH3 is 1. The predicted molar refractivity (Wildman–Crippen MR) is 101 cm³/mol. The van der Waals surface area contributed by atoms with E-state index < -0.39 is 0 Å². The van der Waals surface area contributed by atoms with E-state index in [0.717, 1.165) is 59.0 Å². The minimum absolute atomic E-state index is 0.135. The summed E-state index contributed by atoms with van der Waals surface area (Å²) in [7, 11) is 1.66. The summed E-state index contributed by atoms with van der Waals surface area (Å²) in [6, 6.07) is 8.34. The second kappa shape index (κ2) is 8.00. The molecule has 0 unspecified atom stereocenters. The molecular formula is C20H26N2O2S. The van der Waals surface area contributed by atoms with Gasteiger partial charge in [-0.25, -0.2) is 4.98 Å². The Bertz CT molecular complexity index is 720. The number of nitrogens with zero attached hydrogens (tertiary/aromatic N) is 2. The average molecular weight is 359 g/mol. The average Bonchev–Trinajstić information content (AvgIpc) is 3.40. The maximum Gasteiger partial charge on any atom is 0.266 e. The third kappa shape index (κ3) is 4.40. The molecule has 1 aliphatic carbocycles. The Labute approximate surface area is 153 Å². The number of rotatable bonds is 8. The summed E-state index contributed by atoms with van der Waals surface area (Å²) in [6.45, 7) is 4.78. The molecule has 0 aliphatic heterocycles. The van der Waals surface area contributed by atoms with Crippen LogP contribution < -0.4 is 4.74 Å². The molecule has 1 aliphatic rings. The van der Waals surface area contributed by atoms with Crippen LogP contribution in [0.4, 0.5) is 0 Å². The first-order chi connectivity index (χ1) is 12.1. The molecule has 1 fully saturated rings. The number of hydrogen-bond donors (Lipinski definition) is 0. The fraction of sp³-hybridized carbons (Fsp3) is 0.500. The van der Waals surface area contributed by atoms with Crippen LogP contribution in [-0.4, -0.2) is 28.9 Å². The SMILES string of the molecule is CCCCc1nc(C)c(C(=O)N(Cc2ccc(OC)cc2)C2CC2)s1. The second-order valence-electron chi connectivity index (χ2n) is 6.64. The number of unbranched alkanes of at least 4 members (excludes halogenated alkanes) is 1. The van der Waals surface area contributed by atoms with Gasteiger partial charge in [0, 0.05) is 12.6 Å². The summed E-state index contributed by atoms with van der Waals surface area (Å²) >= 11 is 1.58. The topological polar surface area (TPSA) is 42.4 Å². The quantitative estimate of drug-likeness (QED) is 0.692. The highest BCUT2D eigenvalue weighted by atomic mass is 32.1. The molecule has 25 heavy (non-hydrogen) atoms. The van der Waals surface area contributed by atoms with Crippen LogP contribution in [0.3, 0.4) is 0 Å². The summed E-state index contributed by atoms with van der Waals surface area (Å²) in [5.74, 6) is 0.975. The van der Waals surface area contributed by atoms with Crippen LogP contribution in [0.25, 0.3) is 0 Å². The first kappa shape index (κ1) is 17.9. The lowest BCUT2D eigenvalue weighted by Gasteiger charge is -2.22. The van der Waals surface area contributed by atoms with E-state index in [1.807, 2.05) is 36.1 Å². The van der Waals surface area contributed by atoms with Crippen LogP contribution in [0, 0.1) is 6.92 Å². The van der Waals surface area contributed by atoms with Gasteiger partial charge >= 0.3 is 0 Å². The Morgan fingerprint density at radius 1 is 1.32 bits per heavy atom. The standard InChI is InChI=1S/C20H26N2O2S/c1-4-5-6-18-21-14(2)19(25-18)20(23)22(16-9-10-16)13-15-7-11-17(24-3)12-8-15/h7-8,11-12,16H,4-6,9-10,13H2,1-3H3. The van der Waals surface area contributed by atoms with Crippen LogP contribution >= 0.6 is 11.3 Å². The molecule has 1 heterocycles. The van der Waals surface area contributed by atoms with E-state index >= 15 is 0 Å². The molecule has 1 aromatic carbocycles. The van der Waals surface area contributed by atoms with Crippen molar-refractivity contribution in [1.82, 2.24) is 9.88 Å². The Balaban J connectivity index is 1.75. The number of carbonyl (C=O) groups excluding carboxylic acids is 1. The Hall–Kier alpha value is -1.88. The van der Waals surface area contributed by atoms with Crippen molar-refractivity contribution in [3.63, 3.8) is 0 Å². The first-order valence-electron chi connectivity index (χ1n) is 9.02. The van der Waals surface area contributed by atoms with Crippen molar-refractivity contribution in [1.29, 1.82) is 0 Å². The van der Waals surface area contributed by atoms with Gasteiger partial charge in [0.15, 0.2) is 0 Å². The molecule has 3 rings (SSSR count). The van der Waals surface area contributed by atoms with E-state index in [1.54, 1.807) is 18.4 Å². The van der Waals surface area contributed by atoms with Crippen LogP contribution in [-0.2, 0) is 13.0 Å². The number of benzene rings is 1. The van der Waals surface area contributed by atoms with Crippen molar-refractivity contribution in [3.05, 3.63) is 45.4 Å². The van der Waals surface area contributed by atoms with E-state index in [1.165, 1.54) is 0 Å². The van der Waals surface area contributed by atoms with Crippen molar-refractivity contribution in [2.45, 2.75) is 58.5 Å². The predicted octanol–water partition coefficient (Wildman–Crippen LogP) is 4.61. The molecule has 1 amide bonds. The zero-order valence-electron chi connectivity index (χ0n) is 15.2. The number of aromatic nitrogens is 1. The van der Waals surface area contributed by atoms with Gasteiger partial charge in [0.25, 0.3) is 5.91 Å². The van der Waals surface area contributed by atoms with Crippen molar-refractivity contribution >= 4 is 17.2 Å². The number of amides is 1. The fourth-order valence-corrected chi connectivity index (χ4v) is 3.96. The first-order valence-corrected chi connectivity index (χ1v) is 9.84. The largest absolute Gasteiger partial charge is 0.497 e. The lowest BCUT2D eigenvalue weighted by Crippen LogP contribution is -2.32. The van der Waals surface area contributed by atoms with Gasteiger partial charge in [-0.15, -0.1) is 11.3 Å². The van der Waals surface area contributed by atoms with E-state index in [2.05, 4.69) is 11.9 Å². The van der Waals surface area contributed by atoms with Crippen molar-refractivity contribution in [2.75, 3.05) is 7.11 Å². The van der Waals surface area contributed by atoms with Gasteiger partial charge in [-0.1, -0.05) is 25.5 Å². The second-order valence-corrected chi connectivity index (χ2v) is 7.72. The molecule has 4 nitrogen and oxygen atoms in total. The number of carbonyl (C=O) groups is 1. The molecule has 0 bridgehead atoms. The van der Waals surface area contributed by atoms with Gasteiger partial charge in [-0.05, 0) is 50.3 Å². The van der Waals surface area contributed by atoms with Gasteiger partial charge in [-0.2, -0.15) is 0 Å². The van der Waals surface area contributed by atoms with Crippen molar-refractivity contribution in [3.8, 4) is 5.75 Å². The summed E-state index contributed by atoms with van der Waals surface area (Å²) in [5, 5.41) is 1.09.